The summed E-state index contributed by atoms with van der Waals surface area (Å²) < 4.78 is 0. The fraction of sp³-hybridized carbons (Fsp3) is 0.133. The number of nitrogens with one attached hydrogen (secondary N) is 1. The standard InChI is InChI=1S/C15H16N4O2/c1-19(2)14-7-8-16-9-12(14)10-17-18-13-5-3-11(4-6-13)15(20)21/h3-10,18H,1-2H3,(H,20,21)/b17-10+. The van der Waals surface area contributed by atoms with Gasteiger partial charge in [-0.05, 0) is 30.3 Å². The Morgan fingerprint density at radius 2 is 2.00 bits per heavy atom. The number of aromatic nitrogens is 1. The number of benzene rings is 1. The second-order valence-electron chi connectivity index (χ2n) is 4.58. The molecule has 6 heteroatoms. The summed E-state index contributed by atoms with van der Waals surface area (Å²) in [6.45, 7) is 0. The second-order valence-corrected chi connectivity index (χ2v) is 4.58. The van der Waals surface area contributed by atoms with E-state index >= 15 is 0 Å². The van der Waals surface area contributed by atoms with E-state index in [0.717, 1.165) is 11.3 Å². The van der Waals surface area contributed by atoms with Crippen molar-refractivity contribution < 1.29 is 9.90 Å². The third-order valence-electron chi connectivity index (χ3n) is 2.84. The molecule has 0 atom stereocenters. The Kier molecular flexibility index (Phi) is 4.50. The minimum Gasteiger partial charge on any atom is -0.478 e. The monoisotopic (exact) mass is 284 g/mol. The number of carboxylic acids is 1. The highest BCUT2D eigenvalue weighted by atomic mass is 16.4. The lowest BCUT2D eigenvalue weighted by atomic mass is 10.2. The summed E-state index contributed by atoms with van der Waals surface area (Å²) >= 11 is 0. The number of anilines is 2. The highest BCUT2D eigenvalue weighted by Crippen LogP contribution is 2.14. The van der Waals surface area contributed by atoms with Crippen LogP contribution in [-0.2, 0) is 0 Å². The summed E-state index contributed by atoms with van der Waals surface area (Å²) in [7, 11) is 3.90. The first-order valence-corrected chi connectivity index (χ1v) is 6.31. The van der Waals surface area contributed by atoms with Crippen molar-refractivity contribution >= 4 is 23.6 Å². The molecule has 0 amide bonds. The zero-order valence-electron chi connectivity index (χ0n) is 11.8. The van der Waals surface area contributed by atoms with Gasteiger partial charge in [-0.1, -0.05) is 0 Å². The Morgan fingerprint density at radius 3 is 2.62 bits per heavy atom. The molecule has 2 N–H and O–H groups in total. The van der Waals surface area contributed by atoms with E-state index in [2.05, 4.69) is 15.5 Å². The van der Waals surface area contributed by atoms with Gasteiger partial charge in [-0.15, -0.1) is 0 Å². The minimum atomic E-state index is -0.948. The maximum absolute atomic E-state index is 10.8. The number of hydrogen-bond donors (Lipinski definition) is 2. The third kappa shape index (κ3) is 3.79. The number of hydrogen-bond acceptors (Lipinski definition) is 5. The molecule has 0 fully saturated rings. The Bertz CT molecular complexity index is 651. The molecule has 6 nitrogen and oxygen atoms in total. The second kappa shape index (κ2) is 6.51. The van der Waals surface area contributed by atoms with Crippen LogP contribution in [-0.4, -0.2) is 36.4 Å². The zero-order chi connectivity index (χ0) is 15.2. The number of nitrogens with zero attached hydrogens (tertiary/aromatic N) is 3. The number of aromatic carboxylic acids is 1. The number of carboxylic acid groups (broad SMARTS) is 1. The van der Waals surface area contributed by atoms with Gasteiger partial charge in [-0.25, -0.2) is 4.79 Å². The first-order valence-electron chi connectivity index (χ1n) is 6.31. The molecule has 2 aromatic rings. The quantitative estimate of drug-likeness (QED) is 0.650. The van der Waals surface area contributed by atoms with Gasteiger partial charge in [0.05, 0.1) is 17.5 Å². The molecular weight excluding hydrogens is 268 g/mol. The maximum atomic E-state index is 10.8. The van der Waals surface area contributed by atoms with Crippen LogP contribution < -0.4 is 10.3 Å². The van der Waals surface area contributed by atoms with E-state index in [0.29, 0.717) is 5.69 Å². The van der Waals surface area contributed by atoms with Crippen molar-refractivity contribution in [1.82, 2.24) is 4.98 Å². The van der Waals surface area contributed by atoms with Crippen LogP contribution in [0.25, 0.3) is 0 Å². The summed E-state index contributed by atoms with van der Waals surface area (Å²) in [5.41, 5.74) is 5.71. The largest absolute Gasteiger partial charge is 0.478 e. The first-order chi connectivity index (χ1) is 10.1. The molecule has 1 aromatic carbocycles. The lowest BCUT2D eigenvalue weighted by molar-refractivity contribution is 0.0697. The summed E-state index contributed by atoms with van der Waals surface area (Å²) in [6, 6.07) is 8.28. The summed E-state index contributed by atoms with van der Waals surface area (Å²) in [5.74, 6) is -0.948. The summed E-state index contributed by atoms with van der Waals surface area (Å²) in [4.78, 5) is 16.8. The molecule has 0 aliphatic carbocycles. The Hall–Kier alpha value is -2.89. The average Bonchev–Trinajstić information content (AvgIpc) is 2.48. The average molecular weight is 284 g/mol. The van der Waals surface area contributed by atoms with Gasteiger partial charge >= 0.3 is 5.97 Å². The van der Waals surface area contributed by atoms with Gasteiger partial charge in [0.25, 0.3) is 0 Å². The first kappa shape index (κ1) is 14.5. The highest BCUT2D eigenvalue weighted by molar-refractivity contribution is 5.89. The molecule has 2 rings (SSSR count). The highest BCUT2D eigenvalue weighted by Gasteiger charge is 2.02. The van der Waals surface area contributed by atoms with Crippen LogP contribution in [0.2, 0.25) is 0 Å². The van der Waals surface area contributed by atoms with E-state index < -0.39 is 5.97 Å². The molecule has 0 aliphatic heterocycles. The predicted molar refractivity (Wildman–Crippen MR) is 83.2 cm³/mol. The Labute approximate surface area is 122 Å². The number of rotatable bonds is 5. The van der Waals surface area contributed by atoms with Crippen molar-refractivity contribution in [3.63, 3.8) is 0 Å². The topological polar surface area (TPSA) is 77.8 Å². The van der Waals surface area contributed by atoms with E-state index in [1.165, 1.54) is 12.1 Å². The van der Waals surface area contributed by atoms with Gasteiger partial charge in [0.15, 0.2) is 0 Å². The van der Waals surface area contributed by atoms with E-state index in [1.807, 2.05) is 25.1 Å². The molecule has 0 spiro atoms. The van der Waals surface area contributed by atoms with E-state index in [4.69, 9.17) is 5.11 Å². The molecule has 1 heterocycles. The minimum absolute atomic E-state index is 0.242. The van der Waals surface area contributed by atoms with Crippen LogP contribution in [0.5, 0.6) is 0 Å². The Balaban J connectivity index is 2.07. The van der Waals surface area contributed by atoms with Gasteiger partial charge in [0.2, 0.25) is 0 Å². The fourth-order valence-corrected chi connectivity index (χ4v) is 1.77. The molecule has 0 saturated carbocycles. The van der Waals surface area contributed by atoms with Crippen molar-refractivity contribution in [3.05, 3.63) is 53.9 Å². The van der Waals surface area contributed by atoms with Crippen molar-refractivity contribution in [2.75, 3.05) is 24.4 Å². The van der Waals surface area contributed by atoms with Gasteiger partial charge in [0.1, 0.15) is 0 Å². The van der Waals surface area contributed by atoms with E-state index in [1.54, 1.807) is 30.7 Å². The van der Waals surface area contributed by atoms with Crippen LogP contribution in [0.1, 0.15) is 15.9 Å². The predicted octanol–water partition coefficient (Wildman–Crippen LogP) is 2.29. The smallest absolute Gasteiger partial charge is 0.335 e. The molecule has 0 unspecified atom stereocenters. The normalized spacial score (nSPS) is 10.6. The molecule has 108 valence electrons. The number of pyridine rings is 1. The van der Waals surface area contributed by atoms with Crippen LogP contribution in [0, 0.1) is 0 Å². The SMILES string of the molecule is CN(C)c1ccncc1/C=N/Nc1ccc(C(=O)O)cc1. The van der Waals surface area contributed by atoms with Gasteiger partial charge in [0, 0.05) is 37.7 Å². The van der Waals surface area contributed by atoms with E-state index in [9.17, 15) is 4.79 Å². The fourth-order valence-electron chi connectivity index (χ4n) is 1.77. The van der Waals surface area contributed by atoms with Crippen LogP contribution in [0.3, 0.4) is 0 Å². The molecular formula is C15H16N4O2. The molecule has 0 radical (unpaired) electrons. The van der Waals surface area contributed by atoms with Gasteiger partial charge in [-0.3, -0.25) is 10.4 Å². The van der Waals surface area contributed by atoms with Crippen molar-refractivity contribution in [2.45, 2.75) is 0 Å². The Morgan fingerprint density at radius 1 is 1.29 bits per heavy atom. The maximum Gasteiger partial charge on any atom is 0.335 e. The third-order valence-corrected chi connectivity index (χ3v) is 2.84. The lowest BCUT2D eigenvalue weighted by Crippen LogP contribution is -2.11. The summed E-state index contributed by atoms with van der Waals surface area (Å²) in [6.07, 6.45) is 5.13. The van der Waals surface area contributed by atoms with Crippen molar-refractivity contribution in [2.24, 2.45) is 5.10 Å². The molecule has 21 heavy (non-hydrogen) atoms. The molecule has 0 bridgehead atoms. The van der Waals surface area contributed by atoms with Gasteiger partial charge in [-0.2, -0.15) is 5.10 Å². The summed E-state index contributed by atoms with van der Waals surface area (Å²) in [5, 5.41) is 13.0. The van der Waals surface area contributed by atoms with E-state index in [-0.39, 0.29) is 5.56 Å². The van der Waals surface area contributed by atoms with Crippen LogP contribution >= 0.6 is 0 Å². The molecule has 0 aliphatic rings. The number of hydrazone groups is 1. The zero-order valence-corrected chi connectivity index (χ0v) is 11.8. The lowest BCUT2D eigenvalue weighted by Gasteiger charge is -2.14. The number of carbonyl (C=O) groups is 1. The molecule has 1 aromatic heterocycles. The molecule has 0 saturated heterocycles. The van der Waals surface area contributed by atoms with Crippen molar-refractivity contribution in [1.29, 1.82) is 0 Å². The van der Waals surface area contributed by atoms with Crippen LogP contribution in [0.4, 0.5) is 11.4 Å². The van der Waals surface area contributed by atoms with Crippen molar-refractivity contribution in [3.8, 4) is 0 Å². The van der Waals surface area contributed by atoms with Crippen LogP contribution in [0.15, 0.2) is 47.8 Å². The van der Waals surface area contributed by atoms with Gasteiger partial charge < -0.3 is 10.0 Å².